The van der Waals surface area contributed by atoms with Crippen molar-refractivity contribution in [3.63, 3.8) is 0 Å². The van der Waals surface area contributed by atoms with Gasteiger partial charge in [0.2, 0.25) is 11.8 Å². The van der Waals surface area contributed by atoms with Crippen molar-refractivity contribution < 1.29 is 24.3 Å². The lowest BCUT2D eigenvalue weighted by molar-refractivity contribution is -0.139. The molecule has 7 heteroatoms. The maximum absolute atomic E-state index is 13.0. The Morgan fingerprint density at radius 3 is 2.45 bits per heavy atom. The zero-order valence-corrected chi connectivity index (χ0v) is 15.6. The Labute approximate surface area is 167 Å². The molecule has 2 N–H and O–H groups in total. The van der Waals surface area contributed by atoms with Crippen LogP contribution in [0.5, 0.6) is 0 Å². The molecule has 0 aromatic heterocycles. The summed E-state index contributed by atoms with van der Waals surface area (Å²) in [6.07, 6.45) is 0.619. The first-order valence-electron chi connectivity index (χ1n) is 9.45. The van der Waals surface area contributed by atoms with Gasteiger partial charge in [0.15, 0.2) is 0 Å². The maximum Gasteiger partial charge on any atom is 0.312 e. The minimum Gasteiger partial charge on any atom is -0.481 e. The molecule has 148 valence electrons. The summed E-state index contributed by atoms with van der Waals surface area (Å²) < 4.78 is 0. The van der Waals surface area contributed by atoms with Gasteiger partial charge >= 0.3 is 5.97 Å². The first-order chi connectivity index (χ1) is 13.9. The topological polar surface area (TPSA) is 104 Å². The molecule has 0 radical (unpaired) electrons. The quantitative estimate of drug-likeness (QED) is 0.771. The van der Waals surface area contributed by atoms with Crippen molar-refractivity contribution in [1.29, 1.82) is 0 Å². The van der Waals surface area contributed by atoms with Crippen molar-refractivity contribution in [2.24, 2.45) is 5.92 Å². The van der Waals surface area contributed by atoms with Gasteiger partial charge in [-0.25, -0.2) is 0 Å². The predicted octanol–water partition coefficient (Wildman–Crippen LogP) is 1.72. The van der Waals surface area contributed by atoms with Gasteiger partial charge in [0.25, 0.3) is 5.91 Å². The summed E-state index contributed by atoms with van der Waals surface area (Å²) in [5.41, 5.74) is 2.92. The van der Waals surface area contributed by atoms with Crippen LogP contribution in [0.2, 0.25) is 0 Å². The minimum atomic E-state index is -0.949. The van der Waals surface area contributed by atoms with Gasteiger partial charge in [-0.05, 0) is 35.2 Å². The molecule has 2 unspecified atom stereocenters. The van der Waals surface area contributed by atoms with E-state index in [4.69, 9.17) is 0 Å². The average Bonchev–Trinajstić information content (AvgIpc) is 3.03. The fraction of sp³-hybridized carbons (Fsp3) is 0.273. The number of carboxylic acids is 1. The normalized spacial score (nSPS) is 20.9. The van der Waals surface area contributed by atoms with Crippen molar-refractivity contribution in [2.75, 3.05) is 6.54 Å². The number of nitrogens with one attached hydrogen (secondary N) is 1. The molecule has 1 fully saturated rings. The molecule has 0 saturated carbocycles. The first-order valence-corrected chi connectivity index (χ1v) is 9.45. The molecule has 2 aromatic carbocycles. The highest BCUT2D eigenvalue weighted by Crippen LogP contribution is 2.29. The Morgan fingerprint density at radius 1 is 1.07 bits per heavy atom. The Balaban J connectivity index is 1.49. The number of rotatable bonds is 4. The lowest BCUT2D eigenvalue weighted by Gasteiger charge is -2.33. The molecule has 2 aliphatic rings. The van der Waals surface area contributed by atoms with Crippen LogP contribution in [0.4, 0.5) is 0 Å². The Bertz CT molecular complexity index is 999. The van der Waals surface area contributed by atoms with Gasteiger partial charge < -0.3 is 10.0 Å². The van der Waals surface area contributed by atoms with E-state index < -0.39 is 11.9 Å². The molecule has 2 heterocycles. The summed E-state index contributed by atoms with van der Waals surface area (Å²) in [4.78, 5) is 49.2. The third-order valence-corrected chi connectivity index (χ3v) is 5.53. The van der Waals surface area contributed by atoms with E-state index in [0.29, 0.717) is 18.5 Å². The molecule has 2 aromatic rings. The average molecular weight is 392 g/mol. The van der Waals surface area contributed by atoms with Crippen LogP contribution in [-0.2, 0) is 27.3 Å². The van der Waals surface area contributed by atoms with Gasteiger partial charge in [-0.1, -0.05) is 36.4 Å². The number of aliphatic carboxylic acids is 1. The van der Waals surface area contributed by atoms with E-state index in [1.54, 1.807) is 35.2 Å². The van der Waals surface area contributed by atoms with E-state index in [2.05, 4.69) is 5.32 Å². The molecular weight excluding hydrogens is 372 g/mol. The predicted molar refractivity (Wildman–Crippen MR) is 103 cm³/mol. The van der Waals surface area contributed by atoms with Crippen molar-refractivity contribution in [2.45, 2.75) is 25.3 Å². The summed E-state index contributed by atoms with van der Waals surface area (Å²) in [5.74, 6) is -2.83. The van der Waals surface area contributed by atoms with Crippen molar-refractivity contribution >= 4 is 23.7 Å². The largest absolute Gasteiger partial charge is 0.481 e. The molecule has 1 saturated heterocycles. The molecule has 2 atom stereocenters. The van der Waals surface area contributed by atoms with E-state index in [1.165, 1.54) is 0 Å². The third-order valence-electron chi connectivity index (χ3n) is 5.53. The molecular formula is C22H20N2O5. The van der Waals surface area contributed by atoms with Crippen LogP contribution < -0.4 is 5.32 Å². The van der Waals surface area contributed by atoms with Crippen LogP contribution in [0.15, 0.2) is 48.5 Å². The number of amides is 3. The molecule has 3 amide bonds. The maximum atomic E-state index is 13.0. The van der Waals surface area contributed by atoms with Crippen LogP contribution in [0.25, 0.3) is 0 Å². The monoisotopic (exact) mass is 392 g/mol. The molecule has 0 aliphatic carbocycles. The molecule has 29 heavy (non-hydrogen) atoms. The summed E-state index contributed by atoms with van der Waals surface area (Å²) in [5, 5.41) is 11.9. The van der Waals surface area contributed by atoms with Gasteiger partial charge in [-0.2, -0.15) is 0 Å². The van der Waals surface area contributed by atoms with E-state index in [-0.39, 0.29) is 36.6 Å². The number of carboxylic acid groups (broad SMARTS) is 1. The van der Waals surface area contributed by atoms with E-state index in [1.807, 2.05) is 18.2 Å². The Hall–Kier alpha value is -3.48. The molecule has 2 aliphatic heterocycles. The zero-order chi connectivity index (χ0) is 20.5. The number of hydrogen-bond acceptors (Lipinski definition) is 4. The van der Waals surface area contributed by atoms with Gasteiger partial charge in [0.05, 0.1) is 11.8 Å². The van der Waals surface area contributed by atoms with Gasteiger partial charge in [-0.3, -0.25) is 24.5 Å². The van der Waals surface area contributed by atoms with E-state index in [0.717, 1.165) is 16.7 Å². The molecule has 7 nitrogen and oxygen atoms in total. The number of fused-ring (bicyclic) bond motifs is 1. The lowest BCUT2D eigenvalue weighted by atomic mass is 9.89. The number of benzene rings is 2. The van der Waals surface area contributed by atoms with Crippen LogP contribution in [0.1, 0.15) is 39.4 Å². The van der Waals surface area contributed by atoms with Crippen molar-refractivity contribution in [3.8, 4) is 0 Å². The number of imide groups is 1. The zero-order valence-electron chi connectivity index (χ0n) is 15.6. The number of carbonyl (C=O) groups is 4. The van der Waals surface area contributed by atoms with Crippen LogP contribution in [0, 0.1) is 5.92 Å². The molecule has 4 rings (SSSR count). The van der Waals surface area contributed by atoms with Crippen LogP contribution >= 0.6 is 0 Å². The minimum absolute atomic E-state index is 0.122. The van der Waals surface area contributed by atoms with Crippen LogP contribution in [0.3, 0.4) is 0 Å². The first kappa shape index (κ1) is 18.9. The summed E-state index contributed by atoms with van der Waals surface area (Å²) >= 11 is 0. The second-order valence-corrected chi connectivity index (χ2v) is 7.49. The summed E-state index contributed by atoms with van der Waals surface area (Å²) in [6, 6.07) is 14.2. The highest BCUT2D eigenvalue weighted by atomic mass is 16.4. The number of nitrogens with zero attached hydrogens (tertiary/aromatic N) is 1. The fourth-order valence-corrected chi connectivity index (χ4v) is 4.00. The smallest absolute Gasteiger partial charge is 0.312 e. The standard InChI is InChI=1S/C22H20N2O5/c25-19-10-16(20(26)23-19)9-13-5-7-14(8-6-13)21(27)24-11-15-3-1-2-4-17(15)18(12-24)22(28)29/h1-8,16,18H,9-12H2,(H,28,29)(H,23,25,26). The summed E-state index contributed by atoms with van der Waals surface area (Å²) in [7, 11) is 0. The lowest BCUT2D eigenvalue weighted by Crippen LogP contribution is -2.40. The number of carbonyl (C=O) groups excluding carboxylic acids is 3. The fourth-order valence-electron chi connectivity index (χ4n) is 4.00. The number of hydrogen-bond donors (Lipinski definition) is 2. The molecule has 0 spiro atoms. The van der Waals surface area contributed by atoms with Crippen LogP contribution in [-0.4, -0.2) is 40.2 Å². The SMILES string of the molecule is O=C1CC(Cc2ccc(C(=O)N3Cc4ccccc4C(C(=O)O)C3)cc2)C(=O)N1. The Kier molecular flexibility index (Phi) is 4.88. The van der Waals surface area contributed by atoms with Gasteiger partial charge in [-0.15, -0.1) is 0 Å². The van der Waals surface area contributed by atoms with Crippen molar-refractivity contribution in [1.82, 2.24) is 10.2 Å². The highest BCUT2D eigenvalue weighted by Gasteiger charge is 2.33. The second-order valence-electron chi connectivity index (χ2n) is 7.49. The van der Waals surface area contributed by atoms with Gasteiger partial charge in [0.1, 0.15) is 0 Å². The van der Waals surface area contributed by atoms with Crippen molar-refractivity contribution in [3.05, 3.63) is 70.8 Å². The van der Waals surface area contributed by atoms with Gasteiger partial charge in [0, 0.05) is 25.1 Å². The Morgan fingerprint density at radius 2 is 1.79 bits per heavy atom. The molecule has 0 bridgehead atoms. The van der Waals surface area contributed by atoms with E-state index >= 15 is 0 Å². The summed E-state index contributed by atoms with van der Waals surface area (Å²) in [6.45, 7) is 0.488. The third kappa shape index (κ3) is 3.76. The van der Waals surface area contributed by atoms with E-state index in [9.17, 15) is 24.3 Å². The highest BCUT2D eigenvalue weighted by molar-refractivity contribution is 6.03. The second kappa shape index (κ2) is 7.50.